The molecule has 1 saturated heterocycles. The molecule has 4 rings (SSSR count). The van der Waals surface area contributed by atoms with Crippen LogP contribution < -0.4 is 4.90 Å². The number of benzene rings is 1. The highest BCUT2D eigenvalue weighted by Crippen LogP contribution is 2.34. The molecule has 3 heterocycles. The van der Waals surface area contributed by atoms with E-state index in [1.54, 1.807) is 13.1 Å². The third-order valence-corrected chi connectivity index (χ3v) is 7.40. The number of sulfonamides is 1. The molecule has 7 nitrogen and oxygen atoms in total. The molecule has 0 unspecified atom stereocenters. The first-order valence-electron chi connectivity index (χ1n) is 8.49. The zero-order valence-corrected chi connectivity index (χ0v) is 17.0. The summed E-state index contributed by atoms with van der Waals surface area (Å²) in [6, 6.07) is 2.97. The molecule has 2 aliphatic heterocycles. The molecule has 0 amide bonds. The lowest BCUT2D eigenvalue weighted by Crippen LogP contribution is -2.37. The van der Waals surface area contributed by atoms with E-state index in [-0.39, 0.29) is 23.0 Å². The number of morpholine rings is 1. The van der Waals surface area contributed by atoms with Crippen molar-refractivity contribution in [2.24, 2.45) is 0 Å². The lowest BCUT2D eigenvalue weighted by Gasteiger charge is -2.26. The number of aromatic nitrogens is 2. The molecule has 1 aromatic carbocycles. The molecule has 1 aromatic heterocycles. The van der Waals surface area contributed by atoms with Crippen molar-refractivity contribution in [2.45, 2.75) is 24.9 Å². The van der Waals surface area contributed by atoms with Crippen LogP contribution in [0.4, 0.5) is 5.95 Å². The summed E-state index contributed by atoms with van der Waals surface area (Å²) in [5, 5.41) is 0.548. The van der Waals surface area contributed by atoms with Gasteiger partial charge in [0.1, 0.15) is 4.90 Å². The van der Waals surface area contributed by atoms with Gasteiger partial charge in [-0.2, -0.15) is 4.31 Å². The summed E-state index contributed by atoms with van der Waals surface area (Å²) in [5.74, 6) is 0.608. The second-order valence-electron chi connectivity index (χ2n) is 6.55. The molecule has 2 aromatic rings. The maximum atomic E-state index is 13.1. The number of rotatable bonds is 3. The third-order valence-electron chi connectivity index (χ3n) is 4.74. The van der Waals surface area contributed by atoms with E-state index in [1.165, 1.54) is 16.4 Å². The molecule has 1 fully saturated rings. The van der Waals surface area contributed by atoms with Gasteiger partial charge in [0, 0.05) is 36.4 Å². The Labute approximate surface area is 167 Å². The maximum Gasteiger partial charge on any atom is 0.245 e. The van der Waals surface area contributed by atoms with E-state index < -0.39 is 10.0 Å². The SMILES string of the molecule is Cc1cc(S(=O)(=O)N2Cc3cnc(N4CCOCC4)nc3C2)c(Cl)cc1Cl. The largest absolute Gasteiger partial charge is 0.378 e. The Bertz CT molecular complexity index is 994. The van der Waals surface area contributed by atoms with E-state index in [1.807, 2.05) is 4.90 Å². The van der Waals surface area contributed by atoms with Gasteiger partial charge >= 0.3 is 0 Å². The Morgan fingerprint density at radius 1 is 1.11 bits per heavy atom. The van der Waals surface area contributed by atoms with E-state index in [0.717, 1.165) is 24.3 Å². The van der Waals surface area contributed by atoms with Crippen LogP contribution in [0, 0.1) is 6.92 Å². The van der Waals surface area contributed by atoms with Crippen LogP contribution in [-0.2, 0) is 27.8 Å². The molecular formula is C17H18Cl2N4O3S. The highest BCUT2D eigenvalue weighted by Gasteiger charge is 2.34. The van der Waals surface area contributed by atoms with Gasteiger partial charge in [-0.15, -0.1) is 0 Å². The predicted octanol–water partition coefficient (Wildman–Crippen LogP) is 2.63. The fourth-order valence-corrected chi connectivity index (χ4v) is 5.35. The third kappa shape index (κ3) is 3.52. The van der Waals surface area contributed by atoms with Gasteiger partial charge in [0.25, 0.3) is 0 Å². The smallest absolute Gasteiger partial charge is 0.245 e. The fourth-order valence-electron chi connectivity index (χ4n) is 3.17. The number of aryl methyl sites for hydroxylation is 1. The van der Waals surface area contributed by atoms with Gasteiger partial charge in [-0.1, -0.05) is 23.2 Å². The van der Waals surface area contributed by atoms with Crippen LogP contribution in [0.25, 0.3) is 0 Å². The van der Waals surface area contributed by atoms with E-state index >= 15 is 0 Å². The van der Waals surface area contributed by atoms with Gasteiger partial charge in [-0.25, -0.2) is 18.4 Å². The zero-order valence-electron chi connectivity index (χ0n) is 14.7. The molecule has 0 N–H and O–H groups in total. The van der Waals surface area contributed by atoms with Crippen molar-refractivity contribution >= 4 is 39.2 Å². The first-order valence-corrected chi connectivity index (χ1v) is 10.7. The van der Waals surface area contributed by atoms with Crippen LogP contribution in [0.5, 0.6) is 0 Å². The lowest BCUT2D eigenvalue weighted by atomic mass is 10.2. The maximum absolute atomic E-state index is 13.1. The van der Waals surface area contributed by atoms with Crippen molar-refractivity contribution in [1.29, 1.82) is 0 Å². The van der Waals surface area contributed by atoms with Crippen molar-refractivity contribution < 1.29 is 13.2 Å². The highest BCUT2D eigenvalue weighted by atomic mass is 35.5. The molecule has 10 heteroatoms. The summed E-state index contributed by atoms with van der Waals surface area (Å²) in [7, 11) is -3.77. The van der Waals surface area contributed by atoms with Crippen molar-refractivity contribution in [3.05, 3.63) is 45.2 Å². The molecular weight excluding hydrogens is 411 g/mol. The molecule has 27 heavy (non-hydrogen) atoms. The lowest BCUT2D eigenvalue weighted by molar-refractivity contribution is 0.122. The Morgan fingerprint density at radius 3 is 2.59 bits per heavy atom. The molecule has 0 radical (unpaired) electrons. The zero-order chi connectivity index (χ0) is 19.2. The van der Waals surface area contributed by atoms with Crippen molar-refractivity contribution in [2.75, 3.05) is 31.2 Å². The van der Waals surface area contributed by atoms with E-state index in [4.69, 9.17) is 27.9 Å². The number of hydrogen-bond donors (Lipinski definition) is 0. The van der Waals surface area contributed by atoms with Gasteiger partial charge < -0.3 is 9.64 Å². The Kier molecular flexibility index (Phi) is 5.02. The van der Waals surface area contributed by atoms with Gasteiger partial charge in [-0.05, 0) is 24.6 Å². The minimum absolute atomic E-state index is 0.0558. The number of ether oxygens (including phenoxy) is 1. The van der Waals surface area contributed by atoms with Crippen LogP contribution in [0.15, 0.2) is 23.2 Å². The second-order valence-corrected chi connectivity index (χ2v) is 9.27. The predicted molar refractivity (Wildman–Crippen MR) is 103 cm³/mol. The monoisotopic (exact) mass is 428 g/mol. The highest BCUT2D eigenvalue weighted by molar-refractivity contribution is 7.89. The molecule has 0 bridgehead atoms. The van der Waals surface area contributed by atoms with Crippen LogP contribution in [0.2, 0.25) is 10.0 Å². The number of hydrogen-bond acceptors (Lipinski definition) is 6. The van der Waals surface area contributed by atoms with Crippen LogP contribution in [0.3, 0.4) is 0 Å². The average molecular weight is 429 g/mol. The summed E-state index contributed by atoms with van der Waals surface area (Å²) in [6.07, 6.45) is 1.71. The van der Waals surface area contributed by atoms with Crippen LogP contribution in [0.1, 0.15) is 16.8 Å². The fraction of sp³-hybridized carbons (Fsp3) is 0.412. The number of fused-ring (bicyclic) bond motifs is 1. The van der Waals surface area contributed by atoms with Crippen molar-refractivity contribution in [1.82, 2.24) is 14.3 Å². The second kappa shape index (κ2) is 7.18. The van der Waals surface area contributed by atoms with Crippen molar-refractivity contribution in [3.63, 3.8) is 0 Å². The quantitative estimate of drug-likeness (QED) is 0.747. The number of anilines is 1. The Hall–Kier alpha value is -1.45. The molecule has 0 spiro atoms. The first-order chi connectivity index (χ1) is 12.9. The van der Waals surface area contributed by atoms with E-state index in [0.29, 0.717) is 29.7 Å². The normalized spacial score (nSPS) is 18.0. The summed E-state index contributed by atoms with van der Waals surface area (Å²) < 4.78 is 32.9. The molecule has 144 valence electrons. The van der Waals surface area contributed by atoms with Crippen LogP contribution in [-0.4, -0.2) is 49.0 Å². The summed E-state index contributed by atoms with van der Waals surface area (Å²) >= 11 is 12.2. The van der Waals surface area contributed by atoms with E-state index in [9.17, 15) is 8.42 Å². The molecule has 0 saturated carbocycles. The minimum atomic E-state index is -3.77. The van der Waals surface area contributed by atoms with Gasteiger partial charge in [-0.3, -0.25) is 0 Å². The van der Waals surface area contributed by atoms with Crippen LogP contribution >= 0.6 is 23.2 Å². The molecule has 0 aliphatic carbocycles. The van der Waals surface area contributed by atoms with Gasteiger partial charge in [0.15, 0.2) is 0 Å². The topological polar surface area (TPSA) is 75.6 Å². The molecule has 0 atom stereocenters. The summed E-state index contributed by atoms with van der Waals surface area (Å²) in [5.41, 5.74) is 2.18. The summed E-state index contributed by atoms with van der Waals surface area (Å²) in [6.45, 7) is 4.87. The van der Waals surface area contributed by atoms with Crippen molar-refractivity contribution in [3.8, 4) is 0 Å². The number of nitrogens with zero attached hydrogens (tertiary/aromatic N) is 4. The average Bonchev–Trinajstić information content (AvgIpc) is 3.09. The van der Waals surface area contributed by atoms with Gasteiger partial charge in [0.2, 0.25) is 16.0 Å². The first kappa shape index (κ1) is 18.9. The number of halogens is 2. The Morgan fingerprint density at radius 2 is 1.85 bits per heavy atom. The summed E-state index contributed by atoms with van der Waals surface area (Å²) in [4.78, 5) is 11.1. The minimum Gasteiger partial charge on any atom is -0.378 e. The Balaban J connectivity index is 1.61. The van der Waals surface area contributed by atoms with E-state index in [2.05, 4.69) is 9.97 Å². The van der Waals surface area contributed by atoms with Gasteiger partial charge in [0.05, 0.1) is 30.5 Å². The standard InChI is InChI=1S/C17H18Cl2N4O3S/c1-11-6-16(14(19)7-13(11)18)27(24,25)23-9-12-8-20-17(21-15(12)10-23)22-2-4-26-5-3-22/h6-8H,2-5,9-10H2,1H3. The molecule has 2 aliphatic rings.